The average Bonchev–Trinajstić information content (AvgIpc) is 2.60. The summed E-state index contributed by atoms with van der Waals surface area (Å²) < 4.78 is 31.2. The third-order valence-electron chi connectivity index (χ3n) is 4.01. The van der Waals surface area contributed by atoms with Crippen LogP contribution in [0.4, 0.5) is 11.4 Å². The van der Waals surface area contributed by atoms with E-state index in [0.717, 1.165) is 5.56 Å². The molecule has 0 fully saturated rings. The topological polar surface area (TPSA) is 75.7 Å². The smallest absolute Gasteiger partial charge is 0.232 e. The molecule has 2 aromatic carbocycles. The van der Waals surface area contributed by atoms with Gasteiger partial charge in [-0.05, 0) is 44.0 Å². The van der Waals surface area contributed by atoms with Crippen molar-refractivity contribution in [2.24, 2.45) is 0 Å². The lowest BCUT2D eigenvalue weighted by Gasteiger charge is -2.24. The normalized spacial score (nSPS) is 11.1. The van der Waals surface area contributed by atoms with Gasteiger partial charge in [0.15, 0.2) is 0 Å². The molecule has 0 saturated heterocycles. The Morgan fingerprint density at radius 1 is 1.11 bits per heavy atom. The fraction of sp³-hybridized carbons (Fsp3) is 0.350. The standard InChI is InChI=1S/C20H26N2O4S/c1-4-26-19-13-8-6-11-17(19)21-20(23)14-9-15-22(27(3,24)25)18-12-7-5-10-16(18)2/h5-8,10-13H,4,9,14-15H2,1-3H3,(H,21,23). The Bertz CT molecular complexity index is 881. The quantitative estimate of drug-likeness (QED) is 0.710. The predicted molar refractivity (Wildman–Crippen MR) is 109 cm³/mol. The summed E-state index contributed by atoms with van der Waals surface area (Å²) in [4.78, 5) is 12.3. The summed E-state index contributed by atoms with van der Waals surface area (Å²) in [6.07, 6.45) is 1.79. The number of hydrogen-bond donors (Lipinski definition) is 1. The summed E-state index contributed by atoms with van der Waals surface area (Å²) in [7, 11) is -3.43. The van der Waals surface area contributed by atoms with Gasteiger partial charge >= 0.3 is 0 Å². The van der Waals surface area contributed by atoms with Gasteiger partial charge in [0.25, 0.3) is 0 Å². The van der Waals surface area contributed by atoms with E-state index < -0.39 is 10.0 Å². The molecule has 0 aliphatic carbocycles. The van der Waals surface area contributed by atoms with E-state index >= 15 is 0 Å². The van der Waals surface area contributed by atoms with Crippen LogP contribution < -0.4 is 14.4 Å². The van der Waals surface area contributed by atoms with Crippen molar-refractivity contribution >= 4 is 27.3 Å². The summed E-state index contributed by atoms with van der Waals surface area (Å²) in [6, 6.07) is 14.5. The number of carbonyl (C=O) groups is 1. The summed E-state index contributed by atoms with van der Waals surface area (Å²) in [5.74, 6) is 0.436. The maximum absolute atomic E-state index is 12.3. The molecule has 0 aromatic heterocycles. The molecule has 0 aliphatic rings. The summed E-state index contributed by atoms with van der Waals surface area (Å²) in [6.45, 7) is 4.49. The van der Waals surface area contributed by atoms with Crippen LogP contribution in [-0.4, -0.2) is 33.7 Å². The van der Waals surface area contributed by atoms with Crippen molar-refractivity contribution in [2.45, 2.75) is 26.7 Å². The third kappa shape index (κ3) is 5.99. The number of hydrogen-bond acceptors (Lipinski definition) is 4. The summed E-state index contributed by atoms with van der Waals surface area (Å²) in [5.41, 5.74) is 2.13. The van der Waals surface area contributed by atoms with Crippen LogP contribution in [0.5, 0.6) is 5.75 Å². The highest BCUT2D eigenvalue weighted by molar-refractivity contribution is 7.92. The number of amides is 1. The van der Waals surface area contributed by atoms with E-state index in [1.54, 1.807) is 24.3 Å². The van der Waals surface area contributed by atoms with Gasteiger partial charge in [-0.3, -0.25) is 9.10 Å². The van der Waals surface area contributed by atoms with Crippen LogP contribution in [0.1, 0.15) is 25.3 Å². The Kier molecular flexibility index (Phi) is 7.24. The molecule has 0 radical (unpaired) electrons. The van der Waals surface area contributed by atoms with E-state index in [-0.39, 0.29) is 18.9 Å². The van der Waals surface area contributed by atoms with Crippen molar-refractivity contribution in [3.63, 3.8) is 0 Å². The highest BCUT2D eigenvalue weighted by Crippen LogP contribution is 2.25. The van der Waals surface area contributed by atoms with E-state index in [9.17, 15) is 13.2 Å². The Morgan fingerprint density at radius 3 is 2.44 bits per heavy atom. The first-order valence-corrected chi connectivity index (χ1v) is 10.7. The molecule has 0 heterocycles. The van der Waals surface area contributed by atoms with E-state index in [1.165, 1.54) is 10.6 Å². The van der Waals surface area contributed by atoms with Gasteiger partial charge in [0, 0.05) is 13.0 Å². The van der Waals surface area contributed by atoms with Crippen molar-refractivity contribution in [1.82, 2.24) is 0 Å². The fourth-order valence-corrected chi connectivity index (χ4v) is 3.78. The molecule has 0 atom stereocenters. The van der Waals surface area contributed by atoms with Crippen LogP contribution in [0.2, 0.25) is 0 Å². The van der Waals surface area contributed by atoms with Crippen LogP contribution in [0.15, 0.2) is 48.5 Å². The number of anilines is 2. The lowest BCUT2D eigenvalue weighted by Crippen LogP contribution is -2.32. The van der Waals surface area contributed by atoms with Crippen molar-refractivity contribution in [3.05, 3.63) is 54.1 Å². The van der Waals surface area contributed by atoms with Crippen molar-refractivity contribution < 1.29 is 17.9 Å². The van der Waals surface area contributed by atoms with Gasteiger partial charge in [0.2, 0.25) is 15.9 Å². The Morgan fingerprint density at radius 2 is 1.78 bits per heavy atom. The van der Waals surface area contributed by atoms with Gasteiger partial charge in [-0.2, -0.15) is 0 Å². The van der Waals surface area contributed by atoms with Crippen molar-refractivity contribution in [2.75, 3.05) is 29.0 Å². The van der Waals surface area contributed by atoms with Crippen LogP contribution in [0.3, 0.4) is 0 Å². The summed E-state index contributed by atoms with van der Waals surface area (Å²) >= 11 is 0. The molecule has 146 valence electrons. The van der Waals surface area contributed by atoms with Crippen LogP contribution in [0.25, 0.3) is 0 Å². The second-order valence-electron chi connectivity index (χ2n) is 6.20. The highest BCUT2D eigenvalue weighted by atomic mass is 32.2. The third-order valence-corrected chi connectivity index (χ3v) is 5.19. The first-order chi connectivity index (χ1) is 12.8. The molecule has 0 unspecified atom stereocenters. The highest BCUT2D eigenvalue weighted by Gasteiger charge is 2.19. The van der Waals surface area contributed by atoms with Gasteiger partial charge in [-0.1, -0.05) is 30.3 Å². The molecular weight excluding hydrogens is 364 g/mol. The monoisotopic (exact) mass is 390 g/mol. The van der Waals surface area contributed by atoms with Crippen LogP contribution in [0, 0.1) is 6.92 Å². The molecule has 2 aromatic rings. The fourth-order valence-electron chi connectivity index (χ4n) is 2.76. The number of nitrogens with zero attached hydrogens (tertiary/aromatic N) is 1. The van der Waals surface area contributed by atoms with Gasteiger partial charge in [0.1, 0.15) is 5.75 Å². The number of aryl methyl sites for hydroxylation is 1. The second-order valence-corrected chi connectivity index (χ2v) is 8.11. The molecule has 2 rings (SSSR count). The average molecular weight is 391 g/mol. The van der Waals surface area contributed by atoms with Crippen molar-refractivity contribution in [3.8, 4) is 5.75 Å². The Hall–Kier alpha value is -2.54. The van der Waals surface area contributed by atoms with Crippen LogP contribution >= 0.6 is 0 Å². The molecule has 1 N–H and O–H groups in total. The first kappa shape index (κ1) is 20.8. The van der Waals surface area contributed by atoms with Gasteiger partial charge in [-0.15, -0.1) is 0 Å². The number of sulfonamides is 1. The zero-order valence-corrected chi connectivity index (χ0v) is 16.8. The molecule has 0 bridgehead atoms. The minimum atomic E-state index is -3.43. The molecular formula is C20H26N2O4S. The van der Waals surface area contributed by atoms with E-state index in [4.69, 9.17) is 4.74 Å². The lowest BCUT2D eigenvalue weighted by molar-refractivity contribution is -0.116. The molecule has 1 amide bonds. The number of benzene rings is 2. The van der Waals surface area contributed by atoms with Gasteiger partial charge in [-0.25, -0.2) is 8.42 Å². The van der Waals surface area contributed by atoms with E-state index in [2.05, 4.69) is 5.32 Å². The Labute approximate surface area is 161 Å². The van der Waals surface area contributed by atoms with E-state index in [0.29, 0.717) is 30.2 Å². The molecule has 0 saturated carbocycles. The molecule has 27 heavy (non-hydrogen) atoms. The molecule has 0 spiro atoms. The minimum Gasteiger partial charge on any atom is -0.492 e. The van der Waals surface area contributed by atoms with Crippen molar-refractivity contribution in [1.29, 1.82) is 0 Å². The van der Waals surface area contributed by atoms with Crippen LogP contribution in [-0.2, 0) is 14.8 Å². The summed E-state index contributed by atoms with van der Waals surface area (Å²) in [5, 5.41) is 2.83. The Balaban J connectivity index is 1.99. The molecule has 6 nitrogen and oxygen atoms in total. The maximum atomic E-state index is 12.3. The predicted octanol–water partition coefficient (Wildman–Crippen LogP) is 3.58. The molecule has 7 heteroatoms. The number of nitrogens with one attached hydrogen (secondary N) is 1. The SMILES string of the molecule is CCOc1ccccc1NC(=O)CCCN(c1ccccc1C)S(C)(=O)=O. The number of ether oxygens (including phenoxy) is 1. The number of carbonyl (C=O) groups excluding carboxylic acids is 1. The maximum Gasteiger partial charge on any atom is 0.232 e. The zero-order chi connectivity index (χ0) is 19.9. The van der Waals surface area contributed by atoms with E-state index in [1.807, 2.05) is 38.1 Å². The largest absolute Gasteiger partial charge is 0.492 e. The van der Waals surface area contributed by atoms with Gasteiger partial charge in [0.05, 0.1) is 24.2 Å². The minimum absolute atomic E-state index is 0.180. The molecule has 0 aliphatic heterocycles. The zero-order valence-electron chi connectivity index (χ0n) is 15.9. The second kappa shape index (κ2) is 9.41. The lowest BCUT2D eigenvalue weighted by atomic mass is 10.2. The van der Waals surface area contributed by atoms with Gasteiger partial charge < -0.3 is 10.1 Å². The first-order valence-electron chi connectivity index (χ1n) is 8.88. The number of para-hydroxylation sites is 3. The number of rotatable bonds is 9.